The Bertz CT molecular complexity index is 1600. The normalized spacial score (nSPS) is 14.0. The van der Waals surface area contributed by atoms with Gasteiger partial charge in [-0.3, -0.25) is 35.1 Å². The molecule has 0 aliphatic carbocycles. The predicted octanol–water partition coefficient (Wildman–Crippen LogP) is 4.49. The highest BCUT2D eigenvalue weighted by molar-refractivity contribution is 6.39. The number of urea groups is 1. The number of methoxy groups -OCH3 is 1. The van der Waals surface area contributed by atoms with Crippen LogP contribution in [0.15, 0.2) is 78.9 Å². The third kappa shape index (κ3) is 6.09. The molecule has 1 aliphatic rings. The second-order valence-electron chi connectivity index (χ2n) is 8.65. The highest BCUT2D eigenvalue weighted by Crippen LogP contribution is 2.35. The SMILES string of the molecule is C=CCc1cc(/C=C2\C(=O)NC(=O)N(c3ccc([N+](=O)[O-])cc3)C2=O)cc(OC)c1OCc1ccc([N+](=O)[O-])cc1. The summed E-state index contributed by atoms with van der Waals surface area (Å²) in [6, 6.07) is 12.8. The Hall–Kier alpha value is -5.85. The molecule has 1 N–H and O–H groups in total. The van der Waals surface area contributed by atoms with Crippen LogP contribution in [0.4, 0.5) is 21.9 Å². The van der Waals surface area contributed by atoms with Crippen molar-refractivity contribution in [1.82, 2.24) is 5.32 Å². The molecule has 3 aromatic rings. The van der Waals surface area contributed by atoms with Crippen molar-refractivity contribution in [2.45, 2.75) is 13.0 Å². The van der Waals surface area contributed by atoms with Crippen LogP contribution in [0.2, 0.25) is 0 Å². The van der Waals surface area contributed by atoms with Crippen LogP contribution in [0.1, 0.15) is 16.7 Å². The molecule has 1 saturated heterocycles. The fraction of sp³-hybridized carbons (Fsp3) is 0.107. The number of benzene rings is 3. The number of carbonyl (C=O) groups excluding carboxylic acids is 3. The van der Waals surface area contributed by atoms with Crippen LogP contribution in [0, 0.1) is 20.2 Å². The van der Waals surface area contributed by atoms with Gasteiger partial charge in [0.15, 0.2) is 11.5 Å². The Morgan fingerprint density at radius 3 is 2.12 bits per heavy atom. The molecule has 4 amide bonds. The molecule has 41 heavy (non-hydrogen) atoms. The zero-order chi connectivity index (χ0) is 29.7. The number of non-ortho nitro benzene ring substituents is 2. The molecule has 3 aromatic carbocycles. The molecular weight excluding hydrogens is 536 g/mol. The largest absolute Gasteiger partial charge is 0.493 e. The number of allylic oxidation sites excluding steroid dienone is 1. The van der Waals surface area contributed by atoms with Crippen molar-refractivity contribution in [3.63, 3.8) is 0 Å². The summed E-state index contributed by atoms with van der Waals surface area (Å²) in [5.74, 6) is -1.18. The molecule has 1 fully saturated rings. The minimum atomic E-state index is -0.995. The maximum Gasteiger partial charge on any atom is 0.335 e. The Morgan fingerprint density at radius 2 is 1.56 bits per heavy atom. The number of hydrogen-bond acceptors (Lipinski definition) is 9. The summed E-state index contributed by atoms with van der Waals surface area (Å²) in [7, 11) is 1.41. The van der Waals surface area contributed by atoms with E-state index in [0.29, 0.717) is 33.8 Å². The number of carbonyl (C=O) groups is 3. The third-order valence-corrected chi connectivity index (χ3v) is 6.00. The lowest BCUT2D eigenvalue weighted by atomic mass is 10.0. The molecule has 0 aromatic heterocycles. The monoisotopic (exact) mass is 558 g/mol. The van der Waals surface area contributed by atoms with Crippen LogP contribution in [-0.4, -0.2) is 34.8 Å². The van der Waals surface area contributed by atoms with E-state index in [4.69, 9.17) is 9.47 Å². The van der Waals surface area contributed by atoms with Crippen molar-refractivity contribution >= 4 is 41.0 Å². The maximum absolute atomic E-state index is 13.3. The van der Waals surface area contributed by atoms with Crippen LogP contribution in [0.25, 0.3) is 6.08 Å². The number of nitro benzene ring substituents is 2. The lowest BCUT2D eigenvalue weighted by Gasteiger charge is -2.26. The molecule has 1 heterocycles. The first-order valence-corrected chi connectivity index (χ1v) is 12.0. The lowest BCUT2D eigenvalue weighted by molar-refractivity contribution is -0.385. The van der Waals surface area contributed by atoms with E-state index < -0.39 is 27.7 Å². The number of ether oxygens (including phenoxy) is 2. The van der Waals surface area contributed by atoms with Gasteiger partial charge in [-0.05, 0) is 60.0 Å². The number of rotatable bonds is 10. The van der Waals surface area contributed by atoms with Gasteiger partial charge in [-0.1, -0.05) is 6.08 Å². The summed E-state index contributed by atoms with van der Waals surface area (Å²) >= 11 is 0. The average Bonchev–Trinajstić information content (AvgIpc) is 2.95. The second-order valence-corrected chi connectivity index (χ2v) is 8.65. The molecule has 0 saturated carbocycles. The molecule has 0 unspecified atom stereocenters. The maximum atomic E-state index is 13.3. The molecule has 208 valence electrons. The highest BCUT2D eigenvalue weighted by atomic mass is 16.6. The first-order chi connectivity index (χ1) is 19.6. The summed E-state index contributed by atoms with van der Waals surface area (Å²) in [6.45, 7) is 3.83. The smallest absolute Gasteiger partial charge is 0.335 e. The van der Waals surface area contributed by atoms with Crippen LogP contribution < -0.4 is 19.7 Å². The van der Waals surface area contributed by atoms with Crippen molar-refractivity contribution in [2.24, 2.45) is 0 Å². The molecule has 1 aliphatic heterocycles. The van der Waals surface area contributed by atoms with Crippen LogP contribution in [0.3, 0.4) is 0 Å². The highest BCUT2D eigenvalue weighted by Gasteiger charge is 2.37. The summed E-state index contributed by atoms with van der Waals surface area (Å²) in [6.07, 6.45) is 3.24. The van der Waals surface area contributed by atoms with Gasteiger partial charge >= 0.3 is 6.03 Å². The standard InChI is InChI=1S/C28H22N4O9/c1-3-4-19-13-18(15-24(40-2)25(19)41-16-17-5-7-21(8-6-17)31(36)37)14-23-26(33)29-28(35)30(27(23)34)20-9-11-22(12-10-20)32(38)39/h3,5-15H,1,4,16H2,2H3,(H,29,33,35)/b23-14+. The first-order valence-electron chi connectivity index (χ1n) is 12.0. The zero-order valence-corrected chi connectivity index (χ0v) is 21.6. The van der Waals surface area contributed by atoms with E-state index in [9.17, 15) is 34.6 Å². The fourth-order valence-electron chi connectivity index (χ4n) is 4.04. The number of hydrogen-bond donors (Lipinski definition) is 1. The van der Waals surface area contributed by atoms with Crippen molar-refractivity contribution in [1.29, 1.82) is 0 Å². The van der Waals surface area contributed by atoms with Crippen molar-refractivity contribution in [3.05, 3.63) is 116 Å². The van der Waals surface area contributed by atoms with E-state index in [1.807, 2.05) is 0 Å². The van der Waals surface area contributed by atoms with Crippen LogP contribution >= 0.6 is 0 Å². The number of barbiturate groups is 1. The fourth-order valence-corrected chi connectivity index (χ4v) is 4.04. The summed E-state index contributed by atoms with van der Waals surface area (Å²) < 4.78 is 11.5. The number of imide groups is 2. The van der Waals surface area contributed by atoms with E-state index in [1.54, 1.807) is 24.3 Å². The first kappa shape index (κ1) is 28.2. The summed E-state index contributed by atoms with van der Waals surface area (Å²) in [4.78, 5) is 59.8. The second kappa shape index (κ2) is 11.9. The quantitative estimate of drug-likeness (QED) is 0.124. The van der Waals surface area contributed by atoms with E-state index in [-0.39, 0.29) is 35.0 Å². The Balaban J connectivity index is 1.66. The van der Waals surface area contributed by atoms with Gasteiger partial charge in [-0.2, -0.15) is 0 Å². The number of anilines is 1. The molecule has 4 rings (SSSR count). The van der Waals surface area contributed by atoms with Gasteiger partial charge in [0, 0.05) is 29.8 Å². The van der Waals surface area contributed by atoms with Gasteiger partial charge in [0.25, 0.3) is 23.2 Å². The predicted molar refractivity (Wildman–Crippen MR) is 146 cm³/mol. The van der Waals surface area contributed by atoms with Gasteiger partial charge in [-0.15, -0.1) is 6.58 Å². The van der Waals surface area contributed by atoms with Crippen LogP contribution in [0.5, 0.6) is 11.5 Å². The molecule has 0 bridgehead atoms. The van der Waals surface area contributed by atoms with Gasteiger partial charge in [0.05, 0.1) is 22.6 Å². The van der Waals surface area contributed by atoms with E-state index in [2.05, 4.69) is 11.9 Å². The molecule has 0 atom stereocenters. The zero-order valence-electron chi connectivity index (χ0n) is 21.6. The van der Waals surface area contributed by atoms with Gasteiger partial charge in [0.2, 0.25) is 0 Å². The molecular formula is C28H22N4O9. The number of nitro groups is 2. The van der Waals surface area contributed by atoms with Gasteiger partial charge in [0.1, 0.15) is 12.2 Å². The minimum Gasteiger partial charge on any atom is -0.493 e. The third-order valence-electron chi connectivity index (χ3n) is 6.00. The average molecular weight is 559 g/mol. The molecule has 13 nitrogen and oxygen atoms in total. The molecule has 0 radical (unpaired) electrons. The van der Waals surface area contributed by atoms with Crippen molar-refractivity contribution < 1.29 is 33.7 Å². The summed E-state index contributed by atoms with van der Waals surface area (Å²) in [5, 5.41) is 24.0. The Labute approximate surface area is 232 Å². The van der Waals surface area contributed by atoms with Crippen LogP contribution in [-0.2, 0) is 22.6 Å². The number of nitrogens with one attached hydrogen (secondary N) is 1. The number of nitrogens with zero attached hydrogens (tertiary/aromatic N) is 3. The minimum absolute atomic E-state index is 0.0384. The Morgan fingerprint density at radius 1 is 0.951 bits per heavy atom. The number of amides is 4. The van der Waals surface area contributed by atoms with E-state index in [1.165, 1.54) is 43.5 Å². The lowest BCUT2D eigenvalue weighted by Crippen LogP contribution is -2.54. The summed E-state index contributed by atoms with van der Waals surface area (Å²) in [5.41, 5.74) is 1.08. The topological polar surface area (TPSA) is 171 Å². The van der Waals surface area contributed by atoms with E-state index in [0.717, 1.165) is 12.1 Å². The Kier molecular flexibility index (Phi) is 8.18. The van der Waals surface area contributed by atoms with Gasteiger partial charge in [-0.25, -0.2) is 9.69 Å². The molecule has 13 heteroatoms. The van der Waals surface area contributed by atoms with Crippen molar-refractivity contribution in [3.8, 4) is 11.5 Å². The van der Waals surface area contributed by atoms with Crippen molar-refractivity contribution in [2.75, 3.05) is 12.0 Å². The van der Waals surface area contributed by atoms with E-state index >= 15 is 0 Å². The van der Waals surface area contributed by atoms with Gasteiger partial charge < -0.3 is 9.47 Å². The molecule has 0 spiro atoms.